The lowest BCUT2D eigenvalue weighted by molar-refractivity contribution is -0.661. The Morgan fingerprint density at radius 2 is 1.94 bits per heavy atom. The molecule has 0 aromatic carbocycles. The second kappa shape index (κ2) is 4.76. The average molecular weight is 251 g/mol. The first-order chi connectivity index (χ1) is 8.39. The van der Waals surface area contributed by atoms with Crippen LogP contribution in [-0.4, -0.2) is 37.0 Å². The van der Waals surface area contributed by atoms with E-state index in [4.69, 9.17) is 4.42 Å². The van der Waals surface area contributed by atoms with E-state index >= 15 is 0 Å². The van der Waals surface area contributed by atoms with Gasteiger partial charge >= 0.3 is 0 Å². The van der Waals surface area contributed by atoms with Gasteiger partial charge in [0, 0.05) is 11.0 Å². The third-order valence-electron chi connectivity index (χ3n) is 3.34. The molecule has 2 rings (SSSR count). The maximum absolute atomic E-state index is 12.4. The van der Waals surface area contributed by atoms with Gasteiger partial charge in [0.05, 0.1) is 26.2 Å². The zero-order valence-electron chi connectivity index (χ0n) is 11.7. The Bertz CT molecular complexity index is 437. The number of furan rings is 1. The summed E-state index contributed by atoms with van der Waals surface area (Å²) in [7, 11) is 0. The fourth-order valence-corrected chi connectivity index (χ4v) is 2.16. The first-order valence-corrected chi connectivity index (χ1v) is 6.61. The molecule has 0 bridgehead atoms. The first kappa shape index (κ1) is 13.1. The van der Waals surface area contributed by atoms with Crippen LogP contribution in [0.4, 0.5) is 0 Å². The van der Waals surface area contributed by atoms with Crippen LogP contribution < -0.4 is 5.32 Å². The third kappa shape index (κ3) is 2.58. The molecule has 0 atom stereocenters. The highest BCUT2D eigenvalue weighted by atomic mass is 16.4. The number of nitrogens with two attached hydrogens (primary N) is 1. The molecule has 4 nitrogen and oxygen atoms in total. The van der Waals surface area contributed by atoms with Crippen molar-refractivity contribution in [2.24, 2.45) is 0 Å². The largest absolute Gasteiger partial charge is 0.455 e. The van der Waals surface area contributed by atoms with Crippen molar-refractivity contribution in [2.45, 2.75) is 33.1 Å². The van der Waals surface area contributed by atoms with Crippen LogP contribution in [0.3, 0.4) is 0 Å². The van der Waals surface area contributed by atoms with Crippen molar-refractivity contribution in [3.63, 3.8) is 0 Å². The summed E-state index contributed by atoms with van der Waals surface area (Å²) in [6.45, 7) is 11.8. The predicted octanol–water partition coefficient (Wildman–Crippen LogP) is 0.905. The van der Waals surface area contributed by atoms with E-state index < -0.39 is 0 Å². The van der Waals surface area contributed by atoms with E-state index in [9.17, 15) is 4.79 Å². The van der Waals surface area contributed by atoms with Crippen LogP contribution in [0.25, 0.3) is 0 Å². The van der Waals surface area contributed by atoms with E-state index in [-0.39, 0.29) is 11.3 Å². The molecule has 100 valence electrons. The van der Waals surface area contributed by atoms with E-state index in [1.165, 1.54) is 0 Å². The van der Waals surface area contributed by atoms with Crippen molar-refractivity contribution in [1.82, 2.24) is 4.90 Å². The minimum absolute atomic E-state index is 0.0381. The zero-order valence-corrected chi connectivity index (χ0v) is 11.7. The predicted molar refractivity (Wildman–Crippen MR) is 69.7 cm³/mol. The molecule has 0 aliphatic carbocycles. The maximum atomic E-state index is 12.4. The minimum atomic E-state index is -0.0566. The number of hydrogen-bond acceptors (Lipinski definition) is 2. The lowest BCUT2D eigenvalue weighted by atomic mass is 9.93. The molecule has 1 aliphatic rings. The second-order valence-electron chi connectivity index (χ2n) is 6.03. The molecule has 0 spiro atoms. The van der Waals surface area contributed by atoms with Gasteiger partial charge < -0.3 is 14.6 Å². The Morgan fingerprint density at radius 3 is 2.44 bits per heavy atom. The van der Waals surface area contributed by atoms with Gasteiger partial charge in [0.25, 0.3) is 5.91 Å². The molecule has 18 heavy (non-hydrogen) atoms. The number of amides is 1. The third-order valence-corrected chi connectivity index (χ3v) is 3.34. The van der Waals surface area contributed by atoms with Gasteiger partial charge in [-0.25, -0.2) is 0 Å². The molecule has 4 heteroatoms. The summed E-state index contributed by atoms with van der Waals surface area (Å²) in [5.74, 6) is 1.44. The number of nitrogens with zero attached hydrogens (tertiary/aromatic N) is 1. The van der Waals surface area contributed by atoms with Crippen LogP contribution in [0.15, 0.2) is 10.5 Å². The van der Waals surface area contributed by atoms with Gasteiger partial charge in [0.2, 0.25) is 0 Å². The van der Waals surface area contributed by atoms with Gasteiger partial charge in [0.1, 0.15) is 5.76 Å². The van der Waals surface area contributed by atoms with Crippen molar-refractivity contribution < 1.29 is 14.5 Å². The Kier molecular flexibility index (Phi) is 3.48. The number of hydrogen-bond donors (Lipinski definition) is 1. The van der Waals surface area contributed by atoms with Crippen molar-refractivity contribution in [3.8, 4) is 0 Å². The molecular weight excluding hydrogens is 228 g/mol. The second-order valence-corrected chi connectivity index (χ2v) is 6.03. The lowest BCUT2D eigenvalue weighted by Gasteiger charge is -2.24. The fourth-order valence-electron chi connectivity index (χ4n) is 2.16. The summed E-state index contributed by atoms with van der Waals surface area (Å²) in [5, 5.41) is 2.24. The Hall–Kier alpha value is -1.29. The van der Waals surface area contributed by atoms with Gasteiger partial charge in [-0.15, -0.1) is 0 Å². The van der Waals surface area contributed by atoms with Gasteiger partial charge in [-0.3, -0.25) is 4.79 Å². The Balaban J connectivity index is 2.22. The van der Waals surface area contributed by atoms with E-state index in [1.807, 2.05) is 17.9 Å². The molecule has 0 unspecified atom stereocenters. The van der Waals surface area contributed by atoms with Crippen molar-refractivity contribution >= 4 is 5.91 Å². The van der Waals surface area contributed by atoms with Crippen molar-refractivity contribution in [3.05, 3.63) is 23.2 Å². The molecule has 1 aromatic rings. The summed E-state index contributed by atoms with van der Waals surface area (Å²) in [6.07, 6.45) is 0. The number of aryl methyl sites for hydroxylation is 1. The quantitative estimate of drug-likeness (QED) is 0.806. The standard InChI is InChI=1S/C14H22N2O2/c1-10-9-11(14(2,3)4)18-12(10)13(17)16-7-5-15-6-8-16/h9,15H,5-8H2,1-4H3/p+1. The monoisotopic (exact) mass is 251 g/mol. The smallest absolute Gasteiger partial charge is 0.290 e. The van der Waals surface area contributed by atoms with Gasteiger partial charge in [-0.1, -0.05) is 20.8 Å². The lowest BCUT2D eigenvalue weighted by Crippen LogP contribution is -2.89. The Morgan fingerprint density at radius 1 is 1.33 bits per heavy atom. The van der Waals surface area contributed by atoms with Crippen LogP contribution in [-0.2, 0) is 5.41 Å². The van der Waals surface area contributed by atoms with Crippen LogP contribution in [0.1, 0.15) is 42.6 Å². The topological polar surface area (TPSA) is 50.1 Å². The number of piperazine rings is 1. The number of quaternary nitrogens is 1. The molecule has 2 heterocycles. The summed E-state index contributed by atoms with van der Waals surface area (Å²) < 4.78 is 5.79. The summed E-state index contributed by atoms with van der Waals surface area (Å²) in [4.78, 5) is 14.3. The van der Waals surface area contributed by atoms with Gasteiger partial charge in [-0.05, 0) is 13.0 Å². The summed E-state index contributed by atoms with van der Waals surface area (Å²) in [6, 6.07) is 1.99. The van der Waals surface area contributed by atoms with Crippen LogP contribution >= 0.6 is 0 Å². The van der Waals surface area contributed by atoms with E-state index in [1.54, 1.807) is 0 Å². The maximum Gasteiger partial charge on any atom is 0.290 e. The normalized spacial score (nSPS) is 17.0. The molecule has 0 saturated carbocycles. The molecule has 1 fully saturated rings. The molecule has 1 amide bonds. The van der Waals surface area contributed by atoms with Crippen LogP contribution in [0.2, 0.25) is 0 Å². The van der Waals surface area contributed by atoms with Gasteiger partial charge in [-0.2, -0.15) is 0 Å². The number of carbonyl (C=O) groups is 1. The van der Waals surface area contributed by atoms with Crippen LogP contribution in [0, 0.1) is 6.92 Å². The zero-order chi connectivity index (χ0) is 13.3. The van der Waals surface area contributed by atoms with Crippen molar-refractivity contribution in [1.29, 1.82) is 0 Å². The van der Waals surface area contributed by atoms with Gasteiger partial charge in [0.15, 0.2) is 5.76 Å². The Labute approximate surface area is 108 Å². The molecule has 0 radical (unpaired) electrons. The number of carbonyl (C=O) groups excluding carboxylic acids is 1. The molecule has 1 aliphatic heterocycles. The summed E-state index contributed by atoms with van der Waals surface area (Å²) >= 11 is 0. The minimum Gasteiger partial charge on any atom is -0.455 e. The fraction of sp³-hybridized carbons (Fsp3) is 0.643. The van der Waals surface area contributed by atoms with E-state index in [0.717, 1.165) is 37.5 Å². The average Bonchev–Trinajstić information content (AvgIpc) is 2.71. The molecule has 2 N–H and O–H groups in total. The number of rotatable bonds is 1. The van der Waals surface area contributed by atoms with E-state index in [0.29, 0.717) is 5.76 Å². The van der Waals surface area contributed by atoms with Crippen molar-refractivity contribution in [2.75, 3.05) is 26.2 Å². The SMILES string of the molecule is Cc1cc(C(C)(C)C)oc1C(=O)N1CC[NH2+]CC1. The van der Waals surface area contributed by atoms with Crippen LogP contribution in [0.5, 0.6) is 0 Å². The molecule has 1 aromatic heterocycles. The highest BCUT2D eigenvalue weighted by Gasteiger charge is 2.27. The highest BCUT2D eigenvalue weighted by molar-refractivity contribution is 5.93. The first-order valence-electron chi connectivity index (χ1n) is 6.61. The summed E-state index contributed by atoms with van der Waals surface area (Å²) in [5.41, 5.74) is 0.887. The highest BCUT2D eigenvalue weighted by Crippen LogP contribution is 2.27. The molecule has 1 saturated heterocycles. The molecular formula is C14H23N2O2+. The van der Waals surface area contributed by atoms with E-state index in [2.05, 4.69) is 26.1 Å².